The normalized spacial score (nSPS) is 10.2. The molecule has 3 heteroatoms. The molecule has 21 heavy (non-hydrogen) atoms. The molecule has 0 amide bonds. The molecule has 0 spiro atoms. The van der Waals surface area contributed by atoms with Crippen LogP contribution in [0.1, 0.15) is 31.7 Å². The summed E-state index contributed by atoms with van der Waals surface area (Å²) < 4.78 is 13.8. The van der Waals surface area contributed by atoms with Crippen molar-refractivity contribution in [1.29, 1.82) is 0 Å². The van der Waals surface area contributed by atoms with Gasteiger partial charge in [-0.15, -0.1) is 0 Å². The van der Waals surface area contributed by atoms with Crippen molar-refractivity contribution in [2.24, 2.45) is 4.99 Å². The van der Waals surface area contributed by atoms with E-state index in [9.17, 15) is 4.39 Å². The summed E-state index contributed by atoms with van der Waals surface area (Å²) >= 11 is 4.49. The van der Waals surface area contributed by atoms with Crippen LogP contribution in [0.2, 0.25) is 0 Å². The van der Waals surface area contributed by atoms with Gasteiger partial charge in [0.15, 0.2) is 0 Å². The lowest BCUT2D eigenvalue weighted by atomic mass is 10.0. The lowest BCUT2D eigenvalue weighted by molar-refractivity contribution is 0.630. The Bertz CT molecular complexity index is 643. The van der Waals surface area contributed by atoms with Crippen LogP contribution >= 0.6 is 12.2 Å². The summed E-state index contributed by atoms with van der Waals surface area (Å²) in [5.41, 5.74) is 3.40. The van der Waals surface area contributed by atoms with Gasteiger partial charge in [-0.25, -0.2) is 4.39 Å². The molecule has 0 atom stereocenters. The molecular weight excluding hydrogens is 281 g/mol. The molecule has 0 bridgehead atoms. The van der Waals surface area contributed by atoms with Gasteiger partial charge in [0.1, 0.15) is 11.5 Å². The topological polar surface area (TPSA) is 12.4 Å². The fourth-order valence-electron chi connectivity index (χ4n) is 2.27. The molecule has 0 aliphatic carbocycles. The maximum atomic E-state index is 13.8. The van der Waals surface area contributed by atoms with Crippen molar-refractivity contribution in [3.63, 3.8) is 0 Å². The monoisotopic (exact) mass is 299 g/mol. The number of nitrogens with zero attached hydrogens (tertiary/aromatic N) is 1. The summed E-state index contributed by atoms with van der Waals surface area (Å²) in [7, 11) is 0. The van der Waals surface area contributed by atoms with Crippen molar-refractivity contribution in [2.45, 2.75) is 32.6 Å². The summed E-state index contributed by atoms with van der Waals surface area (Å²) in [6.07, 6.45) is 4.81. The second-order valence-corrected chi connectivity index (χ2v) is 5.21. The number of halogens is 1. The Morgan fingerprint density at radius 3 is 2.38 bits per heavy atom. The van der Waals surface area contributed by atoms with E-state index in [4.69, 9.17) is 0 Å². The van der Waals surface area contributed by atoms with Gasteiger partial charge in [0, 0.05) is 0 Å². The van der Waals surface area contributed by atoms with Gasteiger partial charge in [-0.3, -0.25) is 0 Å². The highest BCUT2D eigenvalue weighted by Crippen LogP contribution is 2.26. The highest BCUT2D eigenvalue weighted by molar-refractivity contribution is 7.78. The van der Waals surface area contributed by atoms with Gasteiger partial charge in [0.05, 0.1) is 5.16 Å². The van der Waals surface area contributed by atoms with Crippen LogP contribution in [0.25, 0.3) is 11.1 Å². The number of unbranched alkanes of at least 4 members (excludes halogenated alkanes) is 2. The molecule has 0 unspecified atom stereocenters. The van der Waals surface area contributed by atoms with Crippen molar-refractivity contribution in [3.8, 4) is 11.1 Å². The third kappa shape index (κ3) is 4.32. The molecule has 2 aromatic carbocycles. The lowest BCUT2D eigenvalue weighted by Gasteiger charge is -2.05. The van der Waals surface area contributed by atoms with Crippen molar-refractivity contribution in [2.75, 3.05) is 0 Å². The molecular formula is C18H18FNS. The minimum Gasteiger partial charge on any atom is -0.205 e. The van der Waals surface area contributed by atoms with Crippen LogP contribution in [0.3, 0.4) is 0 Å². The molecule has 0 aliphatic rings. The van der Waals surface area contributed by atoms with Crippen molar-refractivity contribution >= 4 is 23.1 Å². The van der Waals surface area contributed by atoms with E-state index in [1.807, 2.05) is 18.2 Å². The fourth-order valence-corrected chi connectivity index (χ4v) is 2.37. The third-order valence-electron chi connectivity index (χ3n) is 3.47. The zero-order valence-corrected chi connectivity index (χ0v) is 12.9. The number of aliphatic imine (C=N–C) groups is 1. The van der Waals surface area contributed by atoms with Gasteiger partial charge < -0.3 is 0 Å². The number of aryl methyl sites for hydroxylation is 1. The average Bonchev–Trinajstić information content (AvgIpc) is 2.50. The maximum Gasteiger partial charge on any atom is 0.150 e. The highest BCUT2D eigenvalue weighted by Gasteiger charge is 2.04. The summed E-state index contributed by atoms with van der Waals surface area (Å²) in [6, 6.07) is 13.3. The fraction of sp³-hybridized carbons (Fsp3) is 0.278. The standard InChI is InChI=1S/C18H18FNS/c1-2-3-4-5-14-6-8-15(9-7-14)16-10-11-18(20-13-21)17(19)12-16/h6-12H,2-5H2,1H3. The SMILES string of the molecule is CCCCCc1ccc(-c2ccc(N=C=S)c(F)c2)cc1. The Kier molecular flexibility index (Phi) is 5.79. The Morgan fingerprint density at radius 1 is 1.05 bits per heavy atom. The van der Waals surface area contributed by atoms with Crippen LogP contribution in [0.5, 0.6) is 0 Å². The van der Waals surface area contributed by atoms with Crippen LogP contribution < -0.4 is 0 Å². The molecule has 0 radical (unpaired) electrons. The zero-order chi connectivity index (χ0) is 15.1. The molecule has 0 saturated heterocycles. The number of benzene rings is 2. The molecule has 0 heterocycles. The zero-order valence-electron chi connectivity index (χ0n) is 12.1. The summed E-state index contributed by atoms with van der Waals surface area (Å²) in [5.74, 6) is -0.378. The Morgan fingerprint density at radius 2 is 1.76 bits per heavy atom. The van der Waals surface area contributed by atoms with Gasteiger partial charge in [0.25, 0.3) is 0 Å². The van der Waals surface area contributed by atoms with Gasteiger partial charge in [-0.2, -0.15) is 4.99 Å². The van der Waals surface area contributed by atoms with E-state index in [0.717, 1.165) is 17.5 Å². The average molecular weight is 299 g/mol. The van der Waals surface area contributed by atoms with Crippen LogP contribution in [0.4, 0.5) is 10.1 Å². The summed E-state index contributed by atoms with van der Waals surface area (Å²) in [4.78, 5) is 3.69. The van der Waals surface area contributed by atoms with Gasteiger partial charge >= 0.3 is 0 Å². The predicted octanol–water partition coefficient (Wildman–Crippen LogP) is 5.96. The lowest BCUT2D eigenvalue weighted by Crippen LogP contribution is -1.86. The van der Waals surface area contributed by atoms with E-state index in [-0.39, 0.29) is 11.5 Å². The van der Waals surface area contributed by atoms with Crippen molar-refractivity contribution in [3.05, 3.63) is 53.8 Å². The van der Waals surface area contributed by atoms with E-state index in [1.165, 1.54) is 30.9 Å². The largest absolute Gasteiger partial charge is 0.205 e. The van der Waals surface area contributed by atoms with E-state index in [1.54, 1.807) is 6.07 Å². The van der Waals surface area contributed by atoms with Crippen molar-refractivity contribution < 1.29 is 4.39 Å². The third-order valence-corrected chi connectivity index (χ3v) is 3.56. The maximum absolute atomic E-state index is 13.8. The Balaban J connectivity index is 2.15. The molecule has 2 aromatic rings. The first-order chi connectivity index (χ1) is 10.2. The second-order valence-electron chi connectivity index (χ2n) is 5.02. The first kappa shape index (κ1) is 15.6. The molecule has 0 fully saturated rings. The van der Waals surface area contributed by atoms with Crippen molar-refractivity contribution in [1.82, 2.24) is 0 Å². The first-order valence-electron chi connectivity index (χ1n) is 7.21. The molecule has 0 aromatic heterocycles. The number of hydrogen-bond acceptors (Lipinski definition) is 2. The number of hydrogen-bond donors (Lipinski definition) is 0. The second kappa shape index (κ2) is 7.82. The smallest absolute Gasteiger partial charge is 0.150 e. The van der Waals surface area contributed by atoms with Crippen LogP contribution in [0.15, 0.2) is 47.5 Å². The Labute approximate surface area is 130 Å². The number of isothiocyanates is 1. The van der Waals surface area contributed by atoms with Crippen LogP contribution in [-0.4, -0.2) is 5.16 Å². The predicted molar refractivity (Wildman–Crippen MR) is 89.8 cm³/mol. The highest BCUT2D eigenvalue weighted by atomic mass is 32.1. The van der Waals surface area contributed by atoms with Gasteiger partial charge in [-0.05, 0) is 53.9 Å². The molecule has 0 saturated carbocycles. The molecule has 0 N–H and O–H groups in total. The minimum absolute atomic E-state index is 0.227. The van der Waals surface area contributed by atoms with Crippen LogP contribution in [-0.2, 0) is 6.42 Å². The van der Waals surface area contributed by atoms with Gasteiger partial charge in [-0.1, -0.05) is 50.1 Å². The summed E-state index contributed by atoms with van der Waals surface area (Å²) in [5, 5.41) is 2.18. The number of rotatable bonds is 6. The van der Waals surface area contributed by atoms with E-state index < -0.39 is 0 Å². The van der Waals surface area contributed by atoms with Crippen LogP contribution in [0, 0.1) is 5.82 Å². The quantitative estimate of drug-likeness (QED) is 0.364. The molecule has 108 valence electrons. The first-order valence-corrected chi connectivity index (χ1v) is 7.62. The number of thiocarbonyl (C=S) groups is 1. The molecule has 1 nitrogen and oxygen atoms in total. The molecule has 0 aliphatic heterocycles. The molecule has 2 rings (SSSR count). The van der Waals surface area contributed by atoms with E-state index in [2.05, 4.69) is 41.4 Å². The Hall–Kier alpha value is -1.83. The van der Waals surface area contributed by atoms with E-state index in [0.29, 0.717) is 0 Å². The minimum atomic E-state index is -0.378. The summed E-state index contributed by atoms with van der Waals surface area (Å²) in [6.45, 7) is 2.20. The van der Waals surface area contributed by atoms with Gasteiger partial charge in [0.2, 0.25) is 0 Å². The van der Waals surface area contributed by atoms with E-state index >= 15 is 0 Å².